The van der Waals surface area contributed by atoms with Crippen molar-refractivity contribution >= 4 is 27.5 Å². The van der Waals surface area contributed by atoms with Crippen LogP contribution in [-0.4, -0.2) is 0 Å². The van der Waals surface area contributed by atoms with E-state index in [1.54, 1.807) is 0 Å². The van der Waals surface area contributed by atoms with Crippen molar-refractivity contribution in [1.82, 2.24) is 0 Å². The molecule has 0 heterocycles. The summed E-state index contributed by atoms with van der Waals surface area (Å²) in [6.45, 7) is 2.17. The first-order chi connectivity index (χ1) is 8.19. The van der Waals surface area contributed by atoms with Gasteiger partial charge in [-0.25, -0.2) is 0 Å². The molecule has 0 aromatic heterocycles. The molecule has 0 unspecified atom stereocenters. The van der Waals surface area contributed by atoms with E-state index in [-0.39, 0.29) is 0 Å². The molecule has 0 nitrogen and oxygen atoms in total. The summed E-state index contributed by atoms with van der Waals surface area (Å²) in [4.78, 5) is 0. The molecule has 0 amide bonds. The highest BCUT2D eigenvalue weighted by Gasteiger charge is 2.02. The van der Waals surface area contributed by atoms with E-state index >= 15 is 0 Å². The lowest BCUT2D eigenvalue weighted by Crippen LogP contribution is -1.90. The second-order valence-corrected chi connectivity index (χ2v) is 5.41. The van der Waals surface area contributed by atoms with Crippen LogP contribution in [0.2, 0.25) is 5.02 Å². The van der Waals surface area contributed by atoms with E-state index in [0.29, 0.717) is 0 Å². The lowest BCUT2D eigenvalue weighted by Gasteiger charge is -2.06. The Morgan fingerprint density at radius 3 is 2.29 bits per heavy atom. The molecule has 0 saturated heterocycles. The third-order valence-corrected chi connectivity index (χ3v) is 3.70. The summed E-state index contributed by atoms with van der Waals surface area (Å²) in [7, 11) is 0. The number of benzene rings is 2. The molecular formula is C15H14BrCl. The quantitative estimate of drug-likeness (QED) is 0.726. The average molecular weight is 310 g/mol. The smallest absolute Gasteiger partial charge is 0.0442 e. The molecule has 0 fully saturated rings. The van der Waals surface area contributed by atoms with Gasteiger partial charge in [0.2, 0.25) is 0 Å². The Kier molecular flexibility index (Phi) is 4.25. The molecule has 2 aromatic rings. The first kappa shape index (κ1) is 12.7. The molecule has 2 rings (SSSR count). The molecule has 2 aromatic carbocycles. The fourth-order valence-electron chi connectivity index (χ4n) is 1.79. The van der Waals surface area contributed by atoms with Crippen molar-refractivity contribution < 1.29 is 0 Å². The van der Waals surface area contributed by atoms with Gasteiger partial charge in [-0.15, -0.1) is 0 Å². The maximum Gasteiger partial charge on any atom is 0.0442 e. The van der Waals surface area contributed by atoms with Crippen LogP contribution >= 0.6 is 27.5 Å². The van der Waals surface area contributed by atoms with Crippen LogP contribution in [0.15, 0.2) is 46.9 Å². The molecule has 0 N–H and O–H groups in total. The van der Waals surface area contributed by atoms with Gasteiger partial charge >= 0.3 is 0 Å². The van der Waals surface area contributed by atoms with Crippen LogP contribution in [0.25, 0.3) is 0 Å². The van der Waals surface area contributed by atoms with Gasteiger partial charge in [0, 0.05) is 9.50 Å². The van der Waals surface area contributed by atoms with Gasteiger partial charge in [0.05, 0.1) is 0 Å². The highest BCUT2D eigenvalue weighted by atomic mass is 79.9. The third kappa shape index (κ3) is 3.34. The van der Waals surface area contributed by atoms with E-state index in [1.165, 1.54) is 11.1 Å². The third-order valence-electron chi connectivity index (χ3n) is 2.83. The standard InChI is InChI=1S/C15H14BrCl/c1-2-11-3-5-12(6-4-11)9-13-10-14(16)7-8-15(13)17/h3-8,10H,2,9H2,1H3. The maximum absolute atomic E-state index is 6.18. The highest BCUT2D eigenvalue weighted by Crippen LogP contribution is 2.23. The first-order valence-corrected chi connectivity index (χ1v) is 6.88. The molecule has 0 spiro atoms. The van der Waals surface area contributed by atoms with Crippen LogP contribution in [0.5, 0.6) is 0 Å². The minimum atomic E-state index is 0.827. The molecule has 17 heavy (non-hydrogen) atoms. The van der Waals surface area contributed by atoms with Crippen molar-refractivity contribution in [2.45, 2.75) is 19.8 Å². The van der Waals surface area contributed by atoms with Gasteiger partial charge in [-0.3, -0.25) is 0 Å². The number of halogens is 2. The Labute approximate surface area is 116 Å². The summed E-state index contributed by atoms with van der Waals surface area (Å²) in [6, 6.07) is 14.7. The average Bonchev–Trinajstić information content (AvgIpc) is 2.35. The van der Waals surface area contributed by atoms with E-state index < -0.39 is 0 Å². The number of rotatable bonds is 3. The van der Waals surface area contributed by atoms with Crippen LogP contribution < -0.4 is 0 Å². The lowest BCUT2D eigenvalue weighted by molar-refractivity contribution is 1.12. The van der Waals surface area contributed by atoms with Crippen LogP contribution in [0.1, 0.15) is 23.6 Å². The zero-order chi connectivity index (χ0) is 12.3. The van der Waals surface area contributed by atoms with Gasteiger partial charge in [-0.05, 0) is 47.7 Å². The second kappa shape index (κ2) is 5.70. The van der Waals surface area contributed by atoms with Crippen molar-refractivity contribution in [2.75, 3.05) is 0 Å². The highest BCUT2D eigenvalue weighted by molar-refractivity contribution is 9.10. The zero-order valence-corrected chi connectivity index (χ0v) is 12.1. The van der Waals surface area contributed by atoms with Crippen LogP contribution in [-0.2, 0) is 12.8 Å². The summed E-state index contributed by atoms with van der Waals surface area (Å²) < 4.78 is 1.07. The van der Waals surface area contributed by atoms with E-state index in [1.807, 2.05) is 12.1 Å². The van der Waals surface area contributed by atoms with Crippen LogP contribution in [0.3, 0.4) is 0 Å². The molecule has 0 aliphatic rings. The molecule has 0 radical (unpaired) electrons. The van der Waals surface area contributed by atoms with Crippen LogP contribution in [0, 0.1) is 0 Å². The number of hydrogen-bond donors (Lipinski definition) is 0. The molecule has 0 atom stereocenters. The van der Waals surface area contributed by atoms with Crippen molar-refractivity contribution in [2.24, 2.45) is 0 Å². The number of hydrogen-bond acceptors (Lipinski definition) is 0. The van der Waals surface area contributed by atoms with Gasteiger partial charge in [0.25, 0.3) is 0 Å². The Bertz CT molecular complexity index is 503. The molecule has 2 heteroatoms. The van der Waals surface area contributed by atoms with Gasteiger partial charge in [0.15, 0.2) is 0 Å². The van der Waals surface area contributed by atoms with E-state index in [0.717, 1.165) is 27.9 Å². The largest absolute Gasteiger partial charge is 0.0840 e. The van der Waals surface area contributed by atoms with E-state index in [9.17, 15) is 0 Å². The van der Waals surface area contributed by atoms with Gasteiger partial charge in [-0.1, -0.05) is 58.7 Å². The van der Waals surface area contributed by atoms with Gasteiger partial charge in [0.1, 0.15) is 0 Å². The minimum absolute atomic E-state index is 0.827. The molecular weight excluding hydrogens is 296 g/mol. The van der Waals surface area contributed by atoms with Crippen molar-refractivity contribution in [3.8, 4) is 0 Å². The Hall–Kier alpha value is -0.790. The maximum atomic E-state index is 6.18. The lowest BCUT2D eigenvalue weighted by atomic mass is 10.0. The molecule has 0 bridgehead atoms. The van der Waals surface area contributed by atoms with Crippen molar-refractivity contribution in [1.29, 1.82) is 0 Å². The fraction of sp³-hybridized carbons (Fsp3) is 0.200. The molecule has 0 saturated carbocycles. The topological polar surface area (TPSA) is 0 Å². The minimum Gasteiger partial charge on any atom is -0.0840 e. The summed E-state index contributed by atoms with van der Waals surface area (Å²) in [5.41, 5.74) is 3.82. The Morgan fingerprint density at radius 2 is 1.65 bits per heavy atom. The summed E-state index contributed by atoms with van der Waals surface area (Å²) in [5.74, 6) is 0. The van der Waals surface area contributed by atoms with Crippen molar-refractivity contribution in [3.63, 3.8) is 0 Å². The molecule has 88 valence electrons. The van der Waals surface area contributed by atoms with E-state index in [2.05, 4.69) is 53.2 Å². The Morgan fingerprint density at radius 1 is 1.00 bits per heavy atom. The molecule has 0 aliphatic heterocycles. The SMILES string of the molecule is CCc1ccc(Cc2cc(Br)ccc2Cl)cc1. The van der Waals surface area contributed by atoms with Crippen LogP contribution in [0.4, 0.5) is 0 Å². The summed E-state index contributed by atoms with van der Waals surface area (Å²) in [6.07, 6.45) is 1.96. The van der Waals surface area contributed by atoms with Crippen molar-refractivity contribution in [3.05, 3.63) is 68.7 Å². The van der Waals surface area contributed by atoms with Gasteiger partial charge < -0.3 is 0 Å². The summed E-state index contributed by atoms with van der Waals surface area (Å²) in [5, 5.41) is 0.827. The number of aryl methyl sites for hydroxylation is 1. The fourth-order valence-corrected chi connectivity index (χ4v) is 2.38. The molecule has 0 aliphatic carbocycles. The monoisotopic (exact) mass is 308 g/mol. The first-order valence-electron chi connectivity index (χ1n) is 5.71. The zero-order valence-electron chi connectivity index (χ0n) is 9.71. The van der Waals surface area contributed by atoms with Gasteiger partial charge in [-0.2, -0.15) is 0 Å². The second-order valence-electron chi connectivity index (χ2n) is 4.08. The van der Waals surface area contributed by atoms with E-state index in [4.69, 9.17) is 11.6 Å². The predicted octanol–water partition coefficient (Wildman–Crippen LogP) is 5.26. The Balaban J connectivity index is 2.22. The predicted molar refractivity (Wildman–Crippen MR) is 77.8 cm³/mol. The normalized spacial score (nSPS) is 10.5. The summed E-state index contributed by atoms with van der Waals surface area (Å²) >= 11 is 9.66.